The summed E-state index contributed by atoms with van der Waals surface area (Å²) < 4.78 is 11.6. The zero-order chi connectivity index (χ0) is 20.5. The van der Waals surface area contributed by atoms with Gasteiger partial charge in [0.25, 0.3) is 0 Å². The van der Waals surface area contributed by atoms with E-state index < -0.39 is 5.69 Å². The molecule has 0 unspecified atom stereocenters. The highest BCUT2D eigenvalue weighted by atomic mass is 16.5. The van der Waals surface area contributed by atoms with Crippen molar-refractivity contribution < 1.29 is 9.47 Å². The number of benzene rings is 2. The SMILES string of the molecule is CCOc1cc(/C=N\Nc2nc(=O)[nH]nc2C)ccc1OCCc1ccccc1. The monoisotopic (exact) mass is 393 g/mol. The smallest absolute Gasteiger partial charge is 0.363 e. The van der Waals surface area contributed by atoms with E-state index in [2.05, 4.69) is 37.8 Å². The summed E-state index contributed by atoms with van der Waals surface area (Å²) in [6.45, 7) is 4.72. The van der Waals surface area contributed by atoms with E-state index in [9.17, 15) is 4.79 Å². The lowest BCUT2D eigenvalue weighted by Crippen LogP contribution is -2.15. The highest BCUT2D eigenvalue weighted by molar-refractivity contribution is 5.81. The molecule has 8 nitrogen and oxygen atoms in total. The summed E-state index contributed by atoms with van der Waals surface area (Å²) in [6, 6.07) is 15.8. The number of rotatable bonds is 9. The molecule has 2 N–H and O–H groups in total. The highest BCUT2D eigenvalue weighted by Gasteiger charge is 2.07. The van der Waals surface area contributed by atoms with Crippen molar-refractivity contribution in [2.45, 2.75) is 20.3 Å². The van der Waals surface area contributed by atoms with E-state index >= 15 is 0 Å². The molecule has 3 aromatic rings. The van der Waals surface area contributed by atoms with Crippen molar-refractivity contribution in [1.29, 1.82) is 0 Å². The number of H-pyrrole nitrogens is 1. The Bertz CT molecular complexity index is 1020. The highest BCUT2D eigenvalue weighted by Crippen LogP contribution is 2.28. The number of aryl methyl sites for hydroxylation is 1. The van der Waals surface area contributed by atoms with Gasteiger partial charge in [-0.15, -0.1) is 0 Å². The minimum absolute atomic E-state index is 0.302. The molecule has 0 fully saturated rings. The number of nitrogens with zero attached hydrogens (tertiary/aromatic N) is 3. The lowest BCUT2D eigenvalue weighted by molar-refractivity contribution is 0.279. The second kappa shape index (κ2) is 10.0. The van der Waals surface area contributed by atoms with Crippen LogP contribution in [0.15, 0.2) is 58.4 Å². The van der Waals surface area contributed by atoms with Crippen molar-refractivity contribution in [2.24, 2.45) is 5.10 Å². The average Bonchev–Trinajstić information content (AvgIpc) is 2.73. The summed E-state index contributed by atoms with van der Waals surface area (Å²) in [5, 5.41) is 10.2. The van der Waals surface area contributed by atoms with Crippen LogP contribution in [0.25, 0.3) is 0 Å². The van der Waals surface area contributed by atoms with Crippen molar-refractivity contribution in [3.63, 3.8) is 0 Å². The largest absolute Gasteiger partial charge is 0.490 e. The average molecular weight is 393 g/mol. The van der Waals surface area contributed by atoms with Crippen LogP contribution in [-0.4, -0.2) is 34.6 Å². The second-order valence-corrected chi connectivity index (χ2v) is 6.17. The Kier molecular flexibility index (Phi) is 6.94. The van der Waals surface area contributed by atoms with Crippen LogP contribution in [-0.2, 0) is 6.42 Å². The molecule has 0 aliphatic rings. The maximum absolute atomic E-state index is 11.3. The third-order valence-corrected chi connectivity index (χ3v) is 4.02. The Balaban J connectivity index is 1.65. The number of anilines is 1. The van der Waals surface area contributed by atoms with Crippen LogP contribution in [0.3, 0.4) is 0 Å². The predicted octanol–water partition coefficient (Wildman–Crippen LogP) is 2.94. The molecule has 8 heteroatoms. The molecule has 2 aromatic carbocycles. The van der Waals surface area contributed by atoms with Gasteiger partial charge in [-0.2, -0.15) is 15.2 Å². The number of aromatic nitrogens is 3. The Labute approximate surface area is 168 Å². The molecule has 0 atom stereocenters. The molecular formula is C21H23N5O3. The Morgan fingerprint density at radius 3 is 2.76 bits per heavy atom. The molecule has 0 spiro atoms. The van der Waals surface area contributed by atoms with Crippen LogP contribution in [0.5, 0.6) is 11.5 Å². The lowest BCUT2D eigenvalue weighted by atomic mass is 10.2. The Morgan fingerprint density at radius 2 is 1.97 bits per heavy atom. The standard InChI is InChI=1S/C21H23N5O3/c1-3-28-19-13-17(14-22-25-20-15(2)24-26-21(27)23-20)9-10-18(19)29-12-11-16-7-5-4-6-8-16/h4-10,13-14H,3,11-12H2,1-2H3,(H2,23,25,26,27)/b22-14-. The second-order valence-electron chi connectivity index (χ2n) is 6.17. The Hall–Kier alpha value is -3.68. The predicted molar refractivity (Wildman–Crippen MR) is 112 cm³/mol. The van der Waals surface area contributed by atoms with Crippen LogP contribution in [0.1, 0.15) is 23.7 Å². The number of ether oxygens (including phenoxy) is 2. The fourth-order valence-electron chi connectivity index (χ4n) is 2.58. The van der Waals surface area contributed by atoms with Crippen molar-refractivity contribution in [3.8, 4) is 11.5 Å². The fourth-order valence-corrected chi connectivity index (χ4v) is 2.58. The molecule has 0 radical (unpaired) electrons. The van der Waals surface area contributed by atoms with Gasteiger partial charge in [0.15, 0.2) is 17.3 Å². The molecule has 0 bridgehead atoms. The maximum Gasteiger partial charge on any atom is 0.363 e. The molecule has 0 saturated carbocycles. The fraction of sp³-hybridized carbons (Fsp3) is 0.238. The number of aromatic amines is 1. The quantitative estimate of drug-likeness (QED) is 0.428. The number of hydrazone groups is 1. The molecular weight excluding hydrogens is 370 g/mol. The van der Waals surface area contributed by atoms with Crippen LogP contribution >= 0.6 is 0 Å². The van der Waals surface area contributed by atoms with Gasteiger partial charge < -0.3 is 9.47 Å². The van der Waals surface area contributed by atoms with E-state index in [0.29, 0.717) is 36.2 Å². The van der Waals surface area contributed by atoms with Gasteiger partial charge in [0.2, 0.25) is 0 Å². The van der Waals surface area contributed by atoms with Gasteiger partial charge in [0.05, 0.1) is 19.4 Å². The molecule has 0 aliphatic carbocycles. The molecule has 150 valence electrons. The van der Waals surface area contributed by atoms with Crippen molar-refractivity contribution in [2.75, 3.05) is 18.6 Å². The van der Waals surface area contributed by atoms with Crippen molar-refractivity contribution in [1.82, 2.24) is 15.2 Å². The molecule has 0 amide bonds. The Morgan fingerprint density at radius 1 is 1.14 bits per heavy atom. The summed E-state index contributed by atoms with van der Waals surface area (Å²) in [4.78, 5) is 15.0. The zero-order valence-electron chi connectivity index (χ0n) is 16.4. The lowest BCUT2D eigenvalue weighted by Gasteiger charge is -2.12. The van der Waals surface area contributed by atoms with E-state index in [0.717, 1.165) is 12.0 Å². The molecule has 1 heterocycles. The first kappa shape index (κ1) is 20.1. The normalized spacial score (nSPS) is 10.8. The van der Waals surface area contributed by atoms with Gasteiger partial charge >= 0.3 is 5.69 Å². The zero-order valence-corrected chi connectivity index (χ0v) is 16.4. The molecule has 0 aliphatic heterocycles. The number of hydrogen-bond acceptors (Lipinski definition) is 7. The van der Waals surface area contributed by atoms with E-state index in [-0.39, 0.29) is 0 Å². The number of hydrogen-bond donors (Lipinski definition) is 2. The molecule has 3 rings (SSSR count). The maximum atomic E-state index is 11.3. The summed E-state index contributed by atoms with van der Waals surface area (Å²) in [6.07, 6.45) is 2.43. The summed E-state index contributed by atoms with van der Waals surface area (Å²) in [7, 11) is 0. The topological polar surface area (TPSA) is 101 Å². The van der Waals surface area contributed by atoms with Gasteiger partial charge in [-0.05, 0) is 43.2 Å². The van der Waals surface area contributed by atoms with Gasteiger partial charge in [0.1, 0.15) is 5.69 Å². The van der Waals surface area contributed by atoms with Crippen LogP contribution in [0.4, 0.5) is 5.82 Å². The first-order chi connectivity index (χ1) is 14.2. The van der Waals surface area contributed by atoms with Crippen LogP contribution in [0, 0.1) is 6.92 Å². The first-order valence-corrected chi connectivity index (χ1v) is 9.31. The van der Waals surface area contributed by atoms with E-state index in [1.807, 2.05) is 43.3 Å². The van der Waals surface area contributed by atoms with Crippen LogP contribution in [0.2, 0.25) is 0 Å². The van der Waals surface area contributed by atoms with Crippen molar-refractivity contribution >= 4 is 12.0 Å². The van der Waals surface area contributed by atoms with Gasteiger partial charge in [-0.1, -0.05) is 30.3 Å². The minimum Gasteiger partial charge on any atom is -0.490 e. The molecule has 1 aromatic heterocycles. The van der Waals surface area contributed by atoms with Gasteiger partial charge in [-0.3, -0.25) is 5.43 Å². The van der Waals surface area contributed by atoms with E-state index in [4.69, 9.17) is 9.47 Å². The van der Waals surface area contributed by atoms with E-state index in [1.165, 1.54) is 5.56 Å². The third kappa shape index (κ3) is 5.90. The van der Waals surface area contributed by atoms with E-state index in [1.54, 1.807) is 13.1 Å². The van der Waals surface area contributed by atoms with Crippen molar-refractivity contribution in [3.05, 3.63) is 75.8 Å². The minimum atomic E-state index is -0.538. The summed E-state index contributed by atoms with van der Waals surface area (Å²) >= 11 is 0. The third-order valence-electron chi connectivity index (χ3n) is 4.02. The van der Waals surface area contributed by atoms with Crippen LogP contribution < -0.4 is 20.6 Å². The van der Waals surface area contributed by atoms with Gasteiger partial charge in [0, 0.05) is 6.42 Å². The first-order valence-electron chi connectivity index (χ1n) is 9.31. The summed E-state index contributed by atoms with van der Waals surface area (Å²) in [5.74, 6) is 1.64. The number of nitrogens with one attached hydrogen (secondary N) is 2. The molecule has 29 heavy (non-hydrogen) atoms. The van der Waals surface area contributed by atoms with Gasteiger partial charge in [-0.25, -0.2) is 9.89 Å². The summed E-state index contributed by atoms with van der Waals surface area (Å²) in [5.41, 5.74) is 4.76. The molecule has 0 saturated heterocycles.